The minimum atomic E-state index is -0.318. The lowest BCUT2D eigenvalue weighted by Gasteiger charge is -2.07. The van der Waals surface area contributed by atoms with Crippen molar-refractivity contribution >= 4 is 28.6 Å². The Hall–Kier alpha value is -1.43. The van der Waals surface area contributed by atoms with E-state index < -0.39 is 0 Å². The lowest BCUT2D eigenvalue weighted by atomic mass is 10.1. The third kappa shape index (κ3) is 3.32. The van der Waals surface area contributed by atoms with Crippen LogP contribution in [0.2, 0.25) is 0 Å². The molecule has 0 bridgehead atoms. The zero-order valence-corrected chi connectivity index (χ0v) is 13.0. The highest BCUT2D eigenvalue weighted by molar-refractivity contribution is 14.1. The second kappa shape index (κ2) is 6.14. The minimum Gasteiger partial charge on any atom is -0.462 e. The van der Waals surface area contributed by atoms with Crippen molar-refractivity contribution in [2.24, 2.45) is 0 Å². The molecule has 2 rings (SSSR count). The number of aryl methyl sites for hydroxylation is 1. The summed E-state index contributed by atoms with van der Waals surface area (Å²) in [4.78, 5) is 16.2. The summed E-state index contributed by atoms with van der Waals surface area (Å²) >= 11 is 2.26. The smallest absolute Gasteiger partial charge is 0.339 e. The van der Waals surface area contributed by atoms with E-state index in [1.54, 1.807) is 13.0 Å². The van der Waals surface area contributed by atoms with Crippen LogP contribution in [0.15, 0.2) is 36.4 Å². The van der Waals surface area contributed by atoms with Gasteiger partial charge in [0.15, 0.2) is 0 Å². The van der Waals surface area contributed by atoms with Gasteiger partial charge in [0.05, 0.1) is 23.6 Å². The third-order valence-corrected chi connectivity index (χ3v) is 3.44. The zero-order chi connectivity index (χ0) is 13.8. The fourth-order valence-electron chi connectivity index (χ4n) is 1.77. The van der Waals surface area contributed by atoms with E-state index in [1.807, 2.05) is 37.3 Å². The van der Waals surface area contributed by atoms with E-state index in [9.17, 15) is 4.79 Å². The molecule has 0 saturated carbocycles. The van der Waals surface area contributed by atoms with Gasteiger partial charge < -0.3 is 4.74 Å². The highest BCUT2D eigenvalue weighted by Crippen LogP contribution is 2.20. The number of carbonyl (C=O) groups excluding carboxylic acids is 1. The average Bonchev–Trinajstić information content (AvgIpc) is 2.39. The molecule has 0 saturated heterocycles. The Labute approximate surface area is 126 Å². The molecular formula is C15H14INO2. The van der Waals surface area contributed by atoms with Gasteiger partial charge in [-0.25, -0.2) is 4.79 Å². The molecule has 0 aliphatic rings. The molecule has 0 aliphatic heterocycles. The molecule has 0 spiro atoms. The summed E-state index contributed by atoms with van der Waals surface area (Å²) in [6, 6.07) is 11.7. The molecule has 3 nitrogen and oxygen atoms in total. The topological polar surface area (TPSA) is 39.2 Å². The molecule has 98 valence electrons. The zero-order valence-electron chi connectivity index (χ0n) is 10.8. The standard InChI is InChI=1S/C15H14INO2/c1-3-19-15(18)13-8-9-14(17-10(13)2)11-4-6-12(16)7-5-11/h4-9H,3H2,1-2H3. The van der Waals surface area contributed by atoms with Crippen LogP contribution in [0.4, 0.5) is 0 Å². The van der Waals surface area contributed by atoms with Gasteiger partial charge >= 0.3 is 5.97 Å². The Morgan fingerprint density at radius 3 is 2.47 bits per heavy atom. The van der Waals surface area contributed by atoms with Gasteiger partial charge in [-0.3, -0.25) is 4.98 Å². The van der Waals surface area contributed by atoms with Crippen LogP contribution in [-0.4, -0.2) is 17.6 Å². The Bertz CT molecular complexity index is 594. The van der Waals surface area contributed by atoms with Crippen molar-refractivity contribution in [2.45, 2.75) is 13.8 Å². The van der Waals surface area contributed by atoms with Crippen molar-refractivity contribution < 1.29 is 9.53 Å². The van der Waals surface area contributed by atoms with Crippen LogP contribution in [0, 0.1) is 10.5 Å². The lowest BCUT2D eigenvalue weighted by molar-refractivity contribution is 0.0525. The molecule has 2 aromatic rings. The molecule has 0 atom stereocenters. The Morgan fingerprint density at radius 1 is 1.21 bits per heavy atom. The van der Waals surface area contributed by atoms with E-state index in [2.05, 4.69) is 27.6 Å². The lowest BCUT2D eigenvalue weighted by Crippen LogP contribution is -2.08. The normalized spacial score (nSPS) is 10.3. The first kappa shape index (κ1) is 14.0. The average molecular weight is 367 g/mol. The number of carbonyl (C=O) groups is 1. The number of pyridine rings is 1. The van der Waals surface area contributed by atoms with Crippen molar-refractivity contribution in [1.82, 2.24) is 4.98 Å². The highest BCUT2D eigenvalue weighted by atomic mass is 127. The summed E-state index contributed by atoms with van der Waals surface area (Å²) in [6.07, 6.45) is 0. The first-order valence-electron chi connectivity index (χ1n) is 6.02. The number of hydrogen-bond acceptors (Lipinski definition) is 3. The third-order valence-electron chi connectivity index (χ3n) is 2.72. The van der Waals surface area contributed by atoms with Crippen molar-refractivity contribution in [3.05, 3.63) is 51.2 Å². The summed E-state index contributed by atoms with van der Waals surface area (Å²) in [5.74, 6) is -0.318. The van der Waals surface area contributed by atoms with Crippen LogP contribution >= 0.6 is 22.6 Å². The molecule has 1 heterocycles. The van der Waals surface area contributed by atoms with Crippen LogP contribution in [0.3, 0.4) is 0 Å². The van der Waals surface area contributed by atoms with E-state index in [4.69, 9.17) is 4.74 Å². The van der Waals surface area contributed by atoms with Crippen molar-refractivity contribution in [2.75, 3.05) is 6.61 Å². The Morgan fingerprint density at radius 2 is 1.89 bits per heavy atom. The number of halogens is 1. The predicted molar refractivity (Wildman–Crippen MR) is 83.1 cm³/mol. The van der Waals surface area contributed by atoms with Crippen LogP contribution in [0.1, 0.15) is 23.0 Å². The Balaban J connectivity index is 2.33. The van der Waals surface area contributed by atoms with Gasteiger partial charge in [-0.2, -0.15) is 0 Å². The maximum atomic E-state index is 11.7. The van der Waals surface area contributed by atoms with Gasteiger partial charge in [-0.15, -0.1) is 0 Å². The molecule has 1 aromatic carbocycles. The quantitative estimate of drug-likeness (QED) is 0.611. The van der Waals surface area contributed by atoms with Crippen molar-refractivity contribution in [1.29, 1.82) is 0 Å². The van der Waals surface area contributed by atoms with E-state index in [0.29, 0.717) is 17.9 Å². The van der Waals surface area contributed by atoms with E-state index in [-0.39, 0.29) is 5.97 Å². The molecule has 19 heavy (non-hydrogen) atoms. The highest BCUT2D eigenvalue weighted by Gasteiger charge is 2.12. The van der Waals surface area contributed by atoms with E-state index in [1.165, 1.54) is 3.57 Å². The summed E-state index contributed by atoms with van der Waals surface area (Å²) in [5.41, 5.74) is 3.12. The maximum absolute atomic E-state index is 11.7. The van der Waals surface area contributed by atoms with E-state index in [0.717, 1.165) is 11.3 Å². The van der Waals surface area contributed by atoms with Crippen LogP contribution in [0.25, 0.3) is 11.3 Å². The number of esters is 1. The van der Waals surface area contributed by atoms with Crippen LogP contribution in [-0.2, 0) is 4.74 Å². The van der Waals surface area contributed by atoms with Gasteiger partial charge in [0, 0.05) is 9.13 Å². The second-order valence-corrected chi connectivity index (χ2v) is 5.30. The summed E-state index contributed by atoms with van der Waals surface area (Å²) in [7, 11) is 0. The molecule has 4 heteroatoms. The molecule has 0 unspecified atom stereocenters. The van der Waals surface area contributed by atoms with E-state index >= 15 is 0 Å². The molecule has 1 aromatic heterocycles. The number of rotatable bonds is 3. The molecule has 0 amide bonds. The predicted octanol–water partition coefficient (Wildman–Crippen LogP) is 3.84. The summed E-state index contributed by atoms with van der Waals surface area (Å²) in [6.45, 7) is 3.99. The van der Waals surface area contributed by atoms with Gasteiger partial charge in [0.2, 0.25) is 0 Å². The van der Waals surface area contributed by atoms with Gasteiger partial charge in [0.25, 0.3) is 0 Å². The van der Waals surface area contributed by atoms with Crippen molar-refractivity contribution in [3.8, 4) is 11.3 Å². The van der Waals surface area contributed by atoms with Crippen molar-refractivity contribution in [3.63, 3.8) is 0 Å². The number of aromatic nitrogens is 1. The Kier molecular flexibility index (Phi) is 4.52. The van der Waals surface area contributed by atoms with Crippen LogP contribution < -0.4 is 0 Å². The number of benzene rings is 1. The summed E-state index contributed by atoms with van der Waals surface area (Å²) in [5, 5.41) is 0. The number of ether oxygens (including phenoxy) is 1. The van der Waals surface area contributed by atoms with Gasteiger partial charge in [-0.05, 0) is 60.7 Å². The number of hydrogen-bond donors (Lipinski definition) is 0. The fraction of sp³-hybridized carbons (Fsp3) is 0.200. The maximum Gasteiger partial charge on any atom is 0.339 e. The molecule has 0 fully saturated rings. The summed E-state index contributed by atoms with van der Waals surface area (Å²) < 4.78 is 6.17. The fourth-order valence-corrected chi connectivity index (χ4v) is 2.13. The molecule has 0 radical (unpaired) electrons. The SMILES string of the molecule is CCOC(=O)c1ccc(-c2ccc(I)cc2)nc1C. The van der Waals surface area contributed by atoms with Gasteiger partial charge in [-0.1, -0.05) is 12.1 Å². The van der Waals surface area contributed by atoms with Gasteiger partial charge in [0.1, 0.15) is 0 Å². The minimum absolute atomic E-state index is 0.318. The monoisotopic (exact) mass is 367 g/mol. The molecular weight excluding hydrogens is 353 g/mol. The molecule has 0 N–H and O–H groups in total. The second-order valence-electron chi connectivity index (χ2n) is 4.06. The molecule has 0 aliphatic carbocycles. The van der Waals surface area contributed by atoms with Crippen LogP contribution in [0.5, 0.6) is 0 Å². The first-order valence-corrected chi connectivity index (χ1v) is 7.10. The largest absolute Gasteiger partial charge is 0.462 e. The first-order chi connectivity index (χ1) is 9.11. The number of nitrogens with zero attached hydrogens (tertiary/aromatic N) is 1.